The molecule has 1 N–H and O–H groups in total. The summed E-state index contributed by atoms with van der Waals surface area (Å²) in [7, 11) is 1.67. The summed E-state index contributed by atoms with van der Waals surface area (Å²) < 4.78 is 5.52. The smallest absolute Gasteiger partial charge is 0.323 e. The molecule has 82 valence electrons. The molecule has 5 nitrogen and oxygen atoms in total. The van der Waals surface area contributed by atoms with Crippen molar-refractivity contribution in [3.8, 4) is 0 Å². The molecule has 5 heteroatoms. The number of aliphatic carboxylic acids is 1. The molecular formula is C10H14N2O3. The van der Waals surface area contributed by atoms with Crippen molar-refractivity contribution in [3.05, 3.63) is 11.5 Å². The van der Waals surface area contributed by atoms with Gasteiger partial charge in [0.2, 0.25) is 0 Å². The van der Waals surface area contributed by atoms with Gasteiger partial charge in [-0.15, -0.1) is 0 Å². The molecule has 0 radical (unpaired) electrons. The Morgan fingerprint density at radius 3 is 2.93 bits per heavy atom. The minimum Gasteiger partial charge on any atom is -0.480 e. The van der Waals surface area contributed by atoms with Gasteiger partial charge >= 0.3 is 5.97 Å². The van der Waals surface area contributed by atoms with Crippen LogP contribution >= 0.6 is 0 Å². The van der Waals surface area contributed by atoms with Crippen LogP contribution in [0.25, 0.3) is 0 Å². The second kappa shape index (κ2) is 3.92. The number of carboxylic acid groups (broad SMARTS) is 1. The van der Waals surface area contributed by atoms with Crippen LogP contribution in [0.15, 0.2) is 4.42 Å². The van der Waals surface area contributed by atoms with E-state index in [0.717, 1.165) is 37.1 Å². The fourth-order valence-corrected chi connectivity index (χ4v) is 1.77. The van der Waals surface area contributed by atoms with Crippen molar-refractivity contribution >= 4 is 12.0 Å². The summed E-state index contributed by atoms with van der Waals surface area (Å²) >= 11 is 0. The van der Waals surface area contributed by atoms with Gasteiger partial charge in [-0.1, -0.05) is 0 Å². The molecule has 0 aromatic carbocycles. The van der Waals surface area contributed by atoms with E-state index in [1.807, 2.05) is 0 Å². The third-order valence-electron chi connectivity index (χ3n) is 2.53. The zero-order valence-electron chi connectivity index (χ0n) is 8.69. The van der Waals surface area contributed by atoms with E-state index >= 15 is 0 Å². The summed E-state index contributed by atoms with van der Waals surface area (Å²) in [5.41, 5.74) is 0.994. The van der Waals surface area contributed by atoms with Gasteiger partial charge in [0.15, 0.2) is 0 Å². The van der Waals surface area contributed by atoms with Crippen LogP contribution in [0.2, 0.25) is 0 Å². The van der Waals surface area contributed by atoms with E-state index in [0.29, 0.717) is 6.01 Å². The van der Waals surface area contributed by atoms with E-state index in [-0.39, 0.29) is 6.54 Å². The molecule has 1 aromatic rings. The molecule has 0 spiro atoms. The van der Waals surface area contributed by atoms with E-state index in [9.17, 15) is 4.79 Å². The highest BCUT2D eigenvalue weighted by molar-refractivity contribution is 5.72. The predicted octanol–water partition coefficient (Wildman–Crippen LogP) is 1.07. The highest BCUT2D eigenvalue weighted by Gasteiger charge is 2.19. The fourth-order valence-electron chi connectivity index (χ4n) is 1.77. The minimum atomic E-state index is -0.881. The number of carboxylic acids is 1. The topological polar surface area (TPSA) is 66.6 Å². The highest BCUT2D eigenvalue weighted by Crippen LogP contribution is 2.25. The minimum absolute atomic E-state index is 0.0839. The van der Waals surface area contributed by atoms with Crippen LogP contribution in [-0.2, 0) is 17.6 Å². The second-order valence-electron chi connectivity index (χ2n) is 3.82. The number of aromatic nitrogens is 1. The molecule has 0 saturated carbocycles. The van der Waals surface area contributed by atoms with Crippen LogP contribution in [0.3, 0.4) is 0 Å². The number of oxazole rings is 1. The lowest BCUT2D eigenvalue weighted by atomic mass is 10.0. The maximum atomic E-state index is 10.5. The van der Waals surface area contributed by atoms with E-state index in [4.69, 9.17) is 9.52 Å². The summed E-state index contributed by atoms with van der Waals surface area (Å²) in [4.78, 5) is 16.3. The molecule has 0 amide bonds. The first kappa shape index (κ1) is 10.0. The number of nitrogens with zero attached hydrogens (tertiary/aromatic N) is 2. The maximum Gasteiger partial charge on any atom is 0.323 e. The summed E-state index contributed by atoms with van der Waals surface area (Å²) in [6, 6.07) is 0.421. The van der Waals surface area contributed by atoms with Gasteiger partial charge in [-0.3, -0.25) is 4.79 Å². The lowest BCUT2D eigenvalue weighted by Gasteiger charge is -2.10. The van der Waals surface area contributed by atoms with Crippen LogP contribution in [0.1, 0.15) is 24.3 Å². The quantitative estimate of drug-likeness (QED) is 0.808. The Kier molecular flexibility index (Phi) is 2.62. The van der Waals surface area contributed by atoms with E-state index < -0.39 is 5.97 Å². The third-order valence-corrected chi connectivity index (χ3v) is 2.53. The second-order valence-corrected chi connectivity index (χ2v) is 3.82. The van der Waals surface area contributed by atoms with E-state index in [1.54, 1.807) is 7.05 Å². The van der Waals surface area contributed by atoms with E-state index in [1.165, 1.54) is 4.90 Å². The molecule has 0 aliphatic heterocycles. The molecule has 1 heterocycles. The number of hydrogen-bond donors (Lipinski definition) is 1. The van der Waals surface area contributed by atoms with E-state index in [2.05, 4.69) is 4.98 Å². The Bertz CT molecular complexity index is 349. The Labute approximate surface area is 87.7 Å². The SMILES string of the molecule is CN(CC(=O)O)c1nc2c(o1)CCCC2. The van der Waals surface area contributed by atoms with Crippen molar-refractivity contribution in [1.82, 2.24) is 4.98 Å². The van der Waals surface area contributed by atoms with Crippen LogP contribution in [-0.4, -0.2) is 29.7 Å². The van der Waals surface area contributed by atoms with Gasteiger partial charge in [-0.2, -0.15) is 4.98 Å². The van der Waals surface area contributed by atoms with Gasteiger partial charge in [0.25, 0.3) is 6.01 Å². The third kappa shape index (κ3) is 2.11. The maximum absolute atomic E-state index is 10.5. The number of carbonyl (C=O) groups is 1. The number of rotatable bonds is 3. The average molecular weight is 210 g/mol. The van der Waals surface area contributed by atoms with Gasteiger partial charge < -0.3 is 14.4 Å². The van der Waals surface area contributed by atoms with Crippen molar-refractivity contribution in [2.75, 3.05) is 18.5 Å². The molecule has 1 aliphatic rings. The molecule has 0 saturated heterocycles. The van der Waals surface area contributed by atoms with Gasteiger partial charge in [-0.25, -0.2) is 0 Å². The van der Waals surface area contributed by atoms with Crippen LogP contribution < -0.4 is 4.90 Å². The summed E-state index contributed by atoms with van der Waals surface area (Å²) in [6.45, 7) is -0.0839. The number of anilines is 1. The van der Waals surface area contributed by atoms with Crippen molar-refractivity contribution in [3.63, 3.8) is 0 Å². The van der Waals surface area contributed by atoms with Crippen LogP contribution in [0.5, 0.6) is 0 Å². The zero-order chi connectivity index (χ0) is 10.8. The largest absolute Gasteiger partial charge is 0.480 e. The van der Waals surface area contributed by atoms with Gasteiger partial charge in [-0.05, 0) is 19.3 Å². The lowest BCUT2D eigenvalue weighted by Crippen LogP contribution is -2.25. The standard InChI is InChI=1S/C10H14N2O3/c1-12(6-9(13)14)10-11-7-4-2-3-5-8(7)15-10/h2-6H2,1H3,(H,13,14). The zero-order valence-corrected chi connectivity index (χ0v) is 8.69. The summed E-state index contributed by atoms with van der Waals surface area (Å²) in [6.07, 6.45) is 4.13. The molecule has 15 heavy (non-hydrogen) atoms. The average Bonchev–Trinajstić information content (AvgIpc) is 2.59. The van der Waals surface area contributed by atoms with Gasteiger partial charge in [0, 0.05) is 13.5 Å². The van der Waals surface area contributed by atoms with Crippen molar-refractivity contribution < 1.29 is 14.3 Å². The lowest BCUT2D eigenvalue weighted by molar-refractivity contribution is -0.135. The number of likely N-dealkylation sites (N-methyl/N-ethyl adjacent to an activating group) is 1. The summed E-state index contributed by atoms with van der Waals surface area (Å²) in [5.74, 6) is 0.0437. The molecule has 0 unspecified atom stereocenters. The van der Waals surface area contributed by atoms with Crippen molar-refractivity contribution in [2.45, 2.75) is 25.7 Å². The molecule has 1 aromatic heterocycles. The van der Waals surface area contributed by atoms with Crippen molar-refractivity contribution in [2.24, 2.45) is 0 Å². The van der Waals surface area contributed by atoms with Gasteiger partial charge in [0.1, 0.15) is 12.3 Å². The first-order valence-electron chi connectivity index (χ1n) is 5.08. The monoisotopic (exact) mass is 210 g/mol. The Balaban J connectivity index is 2.15. The summed E-state index contributed by atoms with van der Waals surface area (Å²) in [5, 5.41) is 8.64. The molecule has 0 atom stereocenters. The highest BCUT2D eigenvalue weighted by atomic mass is 16.4. The predicted molar refractivity (Wildman–Crippen MR) is 54.1 cm³/mol. The molecule has 1 aliphatic carbocycles. The number of aryl methyl sites for hydroxylation is 2. The molecular weight excluding hydrogens is 196 g/mol. The Morgan fingerprint density at radius 1 is 1.53 bits per heavy atom. The van der Waals surface area contributed by atoms with Crippen LogP contribution in [0.4, 0.5) is 6.01 Å². The van der Waals surface area contributed by atoms with Gasteiger partial charge in [0.05, 0.1) is 5.69 Å². The first-order chi connectivity index (χ1) is 7.16. The molecule has 0 fully saturated rings. The molecule has 2 rings (SSSR count). The van der Waals surface area contributed by atoms with Crippen molar-refractivity contribution in [1.29, 1.82) is 0 Å². The van der Waals surface area contributed by atoms with Crippen LogP contribution in [0, 0.1) is 0 Å². The Morgan fingerprint density at radius 2 is 2.27 bits per heavy atom. The number of fused-ring (bicyclic) bond motifs is 1. The Hall–Kier alpha value is -1.52. The normalized spacial score (nSPS) is 14.7. The first-order valence-corrected chi connectivity index (χ1v) is 5.08. The number of hydrogen-bond acceptors (Lipinski definition) is 4. The fraction of sp³-hybridized carbons (Fsp3) is 0.600. The molecule has 0 bridgehead atoms.